The Hall–Kier alpha value is -1.87. The third-order valence-electron chi connectivity index (χ3n) is 4.60. The van der Waals surface area contributed by atoms with Gasteiger partial charge in [-0.25, -0.2) is 8.42 Å². The van der Waals surface area contributed by atoms with Gasteiger partial charge in [0.15, 0.2) is 0 Å². The Labute approximate surface area is 149 Å². The topological polar surface area (TPSA) is 63.4 Å². The van der Waals surface area contributed by atoms with Crippen molar-refractivity contribution in [3.8, 4) is 11.3 Å². The van der Waals surface area contributed by atoms with E-state index in [2.05, 4.69) is 9.68 Å². The Balaban J connectivity index is 2.01. The molecule has 3 rings (SSSR count). The van der Waals surface area contributed by atoms with Crippen LogP contribution in [0.2, 0.25) is 0 Å². The Morgan fingerprint density at radius 3 is 2.58 bits per heavy atom. The molecule has 1 saturated heterocycles. The van der Waals surface area contributed by atoms with Crippen LogP contribution in [-0.2, 0) is 16.2 Å². The van der Waals surface area contributed by atoms with E-state index in [1.54, 1.807) is 13.0 Å². The maximum Gasteiger partial charge on any atom is 0.452 e. The maximum atomic E-state index is 13.1. The zero-order chi connectivity index (χ0) is 19.1. The van der Waals surface area contributed by atoms with Crippen molar-refractivity contribution in [2.45, 2.75) is 50.2 Å². The largest absolute Gasteiger partial charge is 0.452 e. The van der Waals surface area contributed by atoms with E-state index >= 15 is 0 Å². The van der Waals surface area contributed by atoms with Crippen LogP contribution in [0, 0.1) is 6.92 Å². The molecular weight excluding hydrogens is 369 g/mol. The van der Waals surface area contributed by atoms with Crippen LogP contribution in [0.4, 0.5) is 13.2 Å². The summed E-state index contributed by atoms with van der Waals surface area (Å²) >= 11 is 0. The molecule has 0 saturated carbocycles. The second-order valence-electron chi connectivity index (χ2n) is 6.51. The molecule has 5 nitrogen and oxygen atoms in total. The Kier molecular flexibility index (Phi) is 4.87. The van der Waals surface area contributed by atoms with Gasteiger partial charge in [0, 0.05) is 24.2 Å². The molecule has 0 amide bonds. The second-order valence-corrected chi connectivity index (χ2v) is 8.37. The zero-order valence-corrected chi connectivity index (χ0v) is 15.2. The summed E-state index contributed by atoms with van der Waals surface area (Å²) in [7, 11) is -3.74. The lowest BCUT2D eigenvalue weighted by Crippen LogP contribution is -2.42. The Bertz CT molecular complexity index is 906. The smallest absolute Gasteiger partial charge is 0.351 e. The van der Waals surface area contributed by atoms with Gasteiger partial charge in [0.05, 0.1) is 4.90 Å². The summed E-state index contributed by atoms with van der Waals surface area (Å²) < 4.78 is 70.0. The second kappa shape index (κ2) is 6.70. The van der Waals surface area contributed by atoms with Crippen molar-refractivity contribution in [3.05, 3.63) is 35.6 Å². The molecular formula is C17H19F3N2O3S. The third-order valence-corrected chi connectivity index (χ3v) is 6.76. The lowest BCUT2D eigenvalue weighted by atomic mass is 10.1. The van der Waals surface area contributed by atoms with E-state index in [0.717, 1.165) is 25.3 Å². The molecule has 0 N–H and O–H groups in total. The van der Waals surface area contributed by atoms with Gasteiger partial charge in [-0.05, 0) is 38.3 Å². The maximum absolute atomic E-state index is 13.1. The SMILES string of the molecule is Cc1ccc(-c2cc(C(F)(F)F)on2)cc1S(=O)(=O)N1CCCC[C@H]1C. The standard InChI is InChI=1S/C17H19F3N2O3S/c1-11-6-7-13(14-10-16(25-21-14)17(18,19)20)9-15(11)26(23,24)22-8-4-3-5-12(22)2/h6-7,9-10,12H,3-5,8H2,1-2H3/t12-/m1/s1. The lowest BCUT2D eigenvalue weighted by Gasteiger charge is -2.32. The van der Waals surface area contributed by atoms with Crippen molar-refractivity contribution in [2.24, 2.45) is 0 Å². The van der Waals surface area contributed by atoms with Crippen molar-refractivity contribution in [1.29, 1.82) is 0 Å². The molecule has 1 aromatic carbocycles. The van der Waals surface area contributed by atoms with Crippen molar-refractivity contribution in [2.75, 3.05) is 6.54 Å². The van der Waals surface area contributed by atoms with Crippen molar-refractivity contribution in [1.82, 2.24) is 9.46 Å². The zero-order valence-electron chi connectivity index (χ0n) is 14.4. The van der Waals surface area contributed by atoms with E-state index in [4.69, 9.17) is 0 Å². The molecule has 2 heterocycles. The predicted octanol–water partition coefficient (Wildman–Crippen LogP) is 4.23. The van der Waals surface area contributed by atoms with Crippen LogP contribution < -0.4 is 0 Å². The molecule has 1 aliphatic rings. The van der Waals surface area contributed by atoms with Crippen LogP contribution in [0.3, 0.4) is 0 Å². The number of alkyl halides is 3. The molecule has 0 spiro atoms. The lowest BCUT2D eigenvalue weighted by molar-refractivity contribution is -0.155. The minimum absolute atomic E-state index is 0.0551. The van der Waals surface area contributed by atoms with Gasteiger partial charge in [0.1, 0.15) is 5.69 Å². The molecule has 1 aliphatic heterocycles. The highest BCUT2D eigenvalue weighted by Crippen LogP contribution is 2.34. The van der Waals surface area contributed by atoms with E-state index in [1.807, 2.05) is 6.92 Å². The highest BCUT2D eigenvalue weighted by atomic mass is 32.2. The van der Waals surface area contributed by atoms with Gasteiger partial charge < -0.3 is 4.52 Å². The summed E-state index contributed by atoms with van der Waals surface area (Å²) in [4.78, 5) is 0.0836. The van der Waals surface area contributed by atoms with Crippen molar-refractivity contribution in [3.63, 3.8) is 0 Å². The minimum Gasteiger partial charge on any atom is -0.351 e. The molecule has 0 radical (unpaired) electrons. The minimum atomic E-state index is -4.64. The number of rotatable bonds is 3. The summed E-state index contributed by atoms with van der Waals surface area (Å²) in [5, 5.41) is 3.43. The van der Waals surface area contributed by atoms with Gasteiger partial charge >= 0.3 is 6.18 Å². The average molecular weight is 388 g/mol. The monoisotopic (exact) mass is 388 g/mol. The first kappa shape index (κ1) is 18.9. The van der Waals surface area contributed by atoms with Gasteiger partial charge in [-0.2, -0.15) is 17.5 Å². The number of piperidine rings is 1. The highest BCUT2D eigenvalue weighted by Gasteiger charge is 2.36. The molecule has 0 aliphatic carbocycles. The first-order valence-corrected chi connectivity index (χ1v) is 9.71. The summed E-state index contributed by atoms with van der Waals surface area (Å²) in [6.07, 6.45) is -2.09. The van der Waals surface area contributed by atoms with Crippen LogP contribution in [0.1, 0.15) is 37.5 Å². The molecule has 0 bridgehead atoms. The fraction of sp³-hybridized carbons (Fsp3) is 0.471. The quantitative estimate of drug-likeness (QED) is 0.789. The van der Waals surface area contributed by atoms with E-state index in [9.17, 15) is 21.6 Å². The summed E-state index contributed by atoms with van der Waals surface area (Å²) in [5.41, 5.74) is 0.740. The van der Waals surface area contributed by atoms with Crippen LogP contribution in [0.15, 0.2) is 33.7 Å². The molecule has 1 fully saturated rings. The van der Waals surface area contributed by atoms with Crippen LogP contribution in [0.25, 0.3) is 11.3 Å². The Morgan fingerprint density at radius 1 is 1.23 bits per heavy atom. The Morgan fingerprint density at radius 2 is 1.96 bits per heavy atom. The van der Waals surface area contributed by atoms with E-state index in [1.165, 1.54) is 16.4 Å². The van der Waals surface area contributed by atoms with E-state index < -0.39 is 22.0 Å². The third kappa shape index (κ3) is 3.50. The molecule has 2 aromatic rings. The van der Waals surface area contributed by atoms with Crippen LogP contribution in [-0.4, -0.2) is 30.5 Å². The van der Waals surface area contributed by atoms with Gasteiger partial charge in [0.25, 0.3) is 0 Å². The van der Waals surface area contributed by atoms with Gasteiger partial charge in [-0.3, -0.25) is 0 Å². The number of hydrogen-bond acceptors (Lipinski definition) is 4. The molecule has 9 heteroatoms. The molecule has 26 heavy (non-hydrogen) atoms. The van der Waals surface area contributed by atoms with Crippen molar-refractivity contribution < 1.29 is 26.1 Å². The normalized spacial score (nSPS) is 19.7. The highest BCUT2D eigenvalue weighted by molar-refractivity contribution is 7.89. The van der Waals surface area contributed by atoms with E-state index in [-0.39, 0.29) is 22.2 Å². The molecule has 142 valence electrons. The van der Waals surface area contributed by atoms with Crippen LogP contribution >= 0.6 is 0 Å². The molecule has 0 unspecified atom stereocenters. The van der Waals surface area contributed by atoms with E-state index in [0.29, 0.717) is 12.1 Å². The number of sulfonamides is 1. The van der Waals surface area contributed by atoms with Gasteiger partial charge in [-0.15, -0.1) is 0 Å². The number of halogens is 3. The average Bonchev–Trinajstić information content (AvgIpc) is 3.05. The first-order valence-electron chi connectivity index (χ1n) is 8.27. The number of hydrogen-bond donors (Lipinski definition) is 0. The molecule has 1 aromatic heterocycles. The number of aryl methyl sites for hydroxylation is 1. The summed E-state index contributed by atoms with van der Waals surface area (Å²) in [6.45, 7) is 3.97. The predicted molar refractivity (Wildman–Crippen MR) is 88.9 cm³/mol. The summed E-state index contributed by atoms with van der Waals surface area (Å²) in [5.74, 6) is -1.22. The summed E-state index contributed by atoms with van der Waals surface area (Å²) in [6, 6.07) is 5.12. The molecule has 1 atom stereocenters. The fourth-order valence-electron chi connectivity index (χ4n) is 3.14. The fourth-order valence-corrected chi connectivity index (χ4v) is 5.09. The van der Waals surface area contributed by atoms with Crippen LogP contribution in [0.5, 0.6) is 0 Å². The first-order chi connectivity index (χ1) is 12.1. The van der Waals surface area contributed by atoms with Gasteiger partial charge in [-0.1, -0.05) is 23.7 Å². The number of benzene rings is 1. The van der Waals surface area contributed by atoms with Crippen molar-refractivity contribution >= 4 is 10.0 Å². The van der Waals surface area contributed by atoms with Gasteiger partial charge in [0.2, 0.25) is 15.8 Å². The number of nitrogens with zero attached hydrogens (tertiary/aromatic N) is 2. The number of aromatic nitrogens is 1.